The van der Waals surface area contributed by atoms with E-state index in [0.29, 0.717) is 23.6 Å². The molecule has 6 nitrogen and oxygen atoms in total. The van der Waals surface area contributed by atoms with Gasteiger partial charge in [0.15, 0.2) is 10.9 Å². The molecule has 0 aromatic heterocycles. The van der Waals surface area contributed by atoms with Crippen LogP contribution in [0.25, 0.3) is 0 Å². The fourth-order valence-corrected chi connectivity index (χ4v) is 2.84. The van der Waals surface area contributed by atoms with Gasteiger partial charge in [-0.2, -0.15) is 0 Å². The maximum Gasteiger partial charge on any atom is 0.257 e. The Morgan fingerprint density at radius 1 is 1.12 bits per heavy atom. The molecule has 26 heavy (non-hydrogen) atoms. The maximum absolute atomic E-state index is 12.3. The van der Waals surface area contributed by atoms with E-state index in [4.69, 9.17) is 45.9 Å². The van der Waals surface area contributed by atoms with E-state index in [1.54, 1.807) is 31.2 Å². The summed E-state index contributed by atoms with van der Waals surface area (Å²) in [6.45, 7) is 2.20. The summed E-state index contributed by atoms with van der Waals surface area (Å²) in [7, 11) is 0. The first kappa shape index (κ1) is 20.0. The van der Waals surface area contributed by atoms with Crippen molar-refractivity contribution in [2.45, 2.75) is 6.92 Å². The highest BCUT2D eigenvalue weighted by molar-refractivity contribution is 7.80. The minimum absolute atomic E-state index is 0.0722. The lowest BCUT2D eigenvalue weighted by atomic mass is 10.2. The molecule has 0 atom stereocenters. The van der Waals surface area contributed by atoms with E-state index in [0.717, 1.165) is 0 Å². The third-order valence-corrected chi connectivity index (χ3v) is 3.97. The molecule has 0 fully saturated rings. The maximum atomic E-state index is 12.3. The second-order valence-electron chi connectivity index (χ2n) is 5.05. The van der Waals surface area contributed by atoms with Crippen LogP contribution in [0.2, 0.25) is 10.0 Å². The Morgan fingerprint density at radius 3 is 2.19 bits per heavy atom. The molecule has 0 unspecified atom stereocenters. The Hall–Kier alpha value is -2.35. The molecule has 0 bridgehead atoms. The third kappa shape index (κ3) is 5.08. The van der Waals surface area contributed by atoms with E-state index in [2.05, 4.69) is 10.6 Å². The molecule has 2 rings (SSSR count). The van der Waals surface area contributed by atoms with Crippen LogP contribution in [0.4, 0.5) is 5.69 Å². The molecular formula is C17H15Cl2N3O3S. The summed E-state index contributed by atoms with van der Waals surface area (Å²) >= 11 is 17.3. The van der Waals surface area contributed by atoms with Gasteiger partial charge in [0.2, 0.25) is 5.91 Å². The number of nitrogens with two attached hydrogens (primary N) is 1. The molecule has 0 spiro atoms. The number of primary amides is 1. The van der Waals surface area contributed by atoms with Gasteiger partial charge in [-0.25, -0.2) is 0 Å². The van der Waals surface area contributed by atoms with Crippen LogP contribution in [-0.2, 0) is 0 Å². The fraction of sp³-hybridized carbons (Fsp3) is 0.118. The van der Waals surface area contributed by atoms with Gasteiger partial charge in [-0.15, -0.1) is 0 Å². The topological polar surface area (TPSA) is 93.4 Å². The Kier molecular flexibility index (Phi) is 6.79. The summed E-state index contributed by atoms with van der Waals surface area (Å²) in [5.74, 6) is -0.692. The number of hydrogen-bond acceptors (Lipinski definition) is 4. The van der Waals surface area contributed by atoms with Crippen LogP contribution in [0.15, 0.2) is 36.4 Å². The summed E-state index contributed by atoms with van der Waals surface area (Å²) in [5, 5.41) is 5.87. The third-order valence-electron chi connectivity index (χ3n) is 3.20. The fourth-order valence-electron chi connectivity index (χ4n) is 2.03. The van der Waals surface area contributed by atoms with Gasteiger partial charge >= 0.3 is 0 Å². The molecule has 4 N–H and O–H groups in total. The number of benzene rings is 2. The molecule has 9 heteroatoms. The Labute approximate surface area is 165 Å². The van der Waals surface area contributed by atoms with Crippen molar-refractivity contribution in [2.75, 3.05) is 11.9 Å². The van der Waals surface area contributed by atoms with Crippen molar-refractivity contribution in [3.05, 3.63) is 57.6 Å². The largest absolute Gasteiger partial charge is 0.491 e. The van der Waals surface area contributed by atoms with Crippen LogP contribution in [0, 0.1) is 0 Å². The highest BCUT2D eigenvalue weighted by Gasteiger charge is 2.15. The minimum Gasteiger partial charge on any atom is -0.491 e. The number of carbonyl (C=O) groups excluding carboxylic acids is 2. The molecular weight excluding hydrogens is 397 g/mol. The summed E-state index contributed by atoms with van der Waals surface area (Å²) < 4.78 is 5.32. The zero-order valence-electron chi connectivity index (χ0n) is 13.6. The van der Waals surface area contributed by atoms with Crippen LogP contribution in [0.5, 0.6) is 5.75 Å². The molecule has 2 amide bonds. The summed E-state index contributed by atoms with van der Waals surface area (Å²) in [5.41, 5.74) is 6.36. The summed E-state index contributed by atoms with van der Waals surface area (Å²) in [4.78, 5) is 23.3. The monoisotopic (exact) mass is 411 g/mol. The Bertz CT molecular complexity index is 834. The molecule has 0 radical (unpaired) electrons. The van der Waals surface area contributed by atoms with Crippen molar-refractivity contribution < 1.29 is 14.3 Å². The van der Waals surface area contributed by atoms with Gasteiger partial charge < -0.3 is 15.8 Å². The number of carbonyl (C=O) groups is 2. The first-order chi connectivity index (χ1) is 12.3. The molecule has 0 heterocycles. The second kappa shape index (κ2) is 8.84. The second-order valence-corrected chi connectivity index (χ2v) is 6.27. The average Bonchev–Trinajstić information content (AvgIpc) is 2.58. The number of rotatable bonds is 5. The molecule has 2 aromatic rings. The minimum atomic E-state index is -0.531. The Morgan fingerprint density at radius 2 is 1.69 bits per heavy atom. The highest BCUT2D eigenvalue weighted by Crippen LogP contribution is 2.34. The molecule has 0 aliphatic heterocycles. The van der Waals surface area contributed by atoms with E-state index in [1.807, 2.05) is 0 Å². The van der Waals surface area contributed by atoms with Crippen LogP contribution in [0.3, 0.4) is 0 Å². The van der Waals surface area contributed by atoms with Gasteiger partial charge in [-0.3, -0.25) is 14.9 Å². The number of amides is 2. The summed E-state index contributed by atoms with van der Waals surface area (Å²) in [6.07, 6.45) is 0. The number of hydrogen-bond donors (Lipinski definition) is 3. The van der Waals surface area contributed by atoms with Crippen LogP contribution < -0.4 is 21.1 Å². The Balaban J connectivity index is 2.05. The number of ether oxygens (including phenoxy) is 1. The van der Waals surface area contributed by atoms with Crippen LogP contribution in [-0.4, -0.2) is 23.5 Å². The number of nitrogens with one attached hydrogen (secondary N) is 2. The quantitative estimate of drug-likeness (QED) is 0.653. The molecule has 0 saturated carbocycles. The first-order valence-electron chi connectivity index (χ1n) is 7.45. The number of anilines is 1. The van der Waals surface area contributed by atoms with Crippen molar-refractivity contribution >= 4 is 58.0 Å². The predicted octanol–water partition coefficient (Wildman–Crippen LogP) is 3.62. The van der Waals surface area contributed by atoms with E-state index in [9.17, 15) is 9.59 Å². The molecule has 2 aromatic carbocycles. The zero-order chi connectivity index (χ0) is 19.3. The van der Waals surface area contributed by atoms with Gasteiger partial charge in [0.25, 0.3) is 5.91 Å². The molecule has 0 saturated heterocycles. The smallest absolute Gasteiger partial charge is 0.257 e. The molecule has 136 valence electrons. The van der Waals surface area contributed by atoms with E-state index in [-0.39, 0.29) is 20.7 Å². The van der Waals surface area contributed by atoms with Gasteiger partial charge in [-0.05, 0) is 55.5 Å². The standard InChI is InChI=1S/C17H15Cl2N3O3S/c1-2-25-14-12(18)7-10(8-13(14)19)16(24)22-17(26)21-11-5-3-9(4-6-11)15(20)23/h3-8H,2H2,1H3,(H2,20,23)(H2,21,22,24,26). The number of thiocarbonyl (C=S) groups is 1. The van der Waals surface area contributed by atoms with Crippen molar-refractivity contribution in [3.8, 4) is 5.75 Å². The summed E-state index contributed by atoms with van der Waals surface area (Å²) in [6, 6.07) is 9.20. The molecule has 0 aliphatic carbocycles. The van der Waals surface area contributed by atoms with Crippen molar-refractivity contribution in [2.24, 2.45) is 5.73 Å². The van der Waals surface area contributed by atoms with Crippen LogP contribution >= 0.6 is 35.4 Å². The first-order valence-corrected chi connectivity index (χ1v) is 8.62. The lowest BCUT2D eigenvalue weighted by Crippen LogP contribution is -2.34. The number of halogens is 2. The zero-order valence-corrected chi connectivity index (χ0v) is 16.0. The van der Waals surface area contributed by atoms with Crippen LogP contribution in [0.1, 0.15) is 27.6 Å². The average molecular weight is 412 g/mol. The lowest BCUT2D eigenvalue weighted by molar-refractivity contribution is 0.0975. The van der Waals surface area contributed by atoms with Gasteiger partial charge in [0.05, 0.1) is 16.7 Å². The van der Waals surface area contributed by atoms with E-state index >= 15 is 0 Å². The van der Waals surface area contributed by atoms with Gasteiger partial charge in [0, 0.05) is 16.8 Å². The lowest BCUT2D eigenvalue weighted by Gasteiger charge is -2.12. The van der Waals surface area contributed by atoms with E-state index < -0.39 is 11.8 Å². The normalized spacial score (nSPS) is 10.1. The molecule has 0 aliphatic rings. The van der Waals surface area contributed by atoms with Crippen molar-refractivity contribution in [1.82, 2.24) is 5.32 Å². The predicted molar refractivity (Wildman–Crippen MR) is 106 cm³/mol. The van der Waals surface area contributed by atoms with E-state index in [1.165, 1.54) is 12.1 Å². The highest BCUT2D eigenvalue weighted by atomic mass is 35.5. The SMILES string of the molecule is CCOc1c(Cl)cc(C(=O)NC(=S)Nc2ccc(C(N)=O)cc2)cc1Cl. The van der Waals surface area contributed by atoms with Gasteiger partial charge in [-0.1, -0.05) is 23.2 Å². The van der Waals surface area contributed by atoms with Crippen molar-refractivity contribution in [3.63, 3.8) is 0 Å². The van der Waals surface area contributed by atoms with Gasteiger partial charge in [0.1, 0.15) is 0 Å². The van der Waals surface area contributed by atoms with Crippen molar-refractivity contribution in [1.29, 1.82) is 0 Å².